The van der Waals surface area contributed by atoms with Gasteiger partial charge in [-0.1, -0.05) is 13.8 Å². The molecule has 9 nitrogen and oxygen atoms in total. The molecule has 6 N–H and O–H groups in total. The van der Waals surface area contributed by atoms with Gasteiger partial charge in [-0.05, 0) is 37.7 Å². The Kier molecular flexibility index (Phi) is 13.0. The van der Waals surface area contributed by atoms with E-state index in [9.17, 15) is 19.2 Å². The smallest absolute Gasteiger partial charge is 0.325 e. The quantitative estimate of drug-likeness (QED) is 0.215. The lowest BCUT2D eigenvalue weighted by molar-refractivity contribution is -0.141. The van der Waals surface area contributed by atoms with Crippen LogP contribution in [0.5, 0.6) is 0 Å². The summed E-state index contributed by atoms with van der Waals surface area (Å²) < 4.78 is 0. The van der Waals surface area contributed by atoms with Gasteiger partial charge in [0.25, 0.3) is 0 Å². The van der Waals surface area contributed by atoms with E-state index in [2.05, 4.69) is 28.6 Å². The Labute approximate surface area is 175 Å². The van der Waals surface area contributed by atoms with E-state index in [0.717, 1.165) is 0 Å². The van der Waals surface area contributed by atoms with Crippen LogP contribution >= 0.6 is 24.4 Å². The molecule has 0 bridgehead atoms. The van der Waals surface area contributed by atoms with Crippen molar-refractivity contribution in [2.75, 3.05) is 17.8 Å². The first kappa shape index (κ1) is 26.5. The van der Waals surface area contributed by atoms with Crippen molar-refractivity contribution in [3.63, 3.8) is 0 Å². The van der Waals surface area contributed by atoms with Crippen molar-refractivity contribution in [2.24, 2.45) is 11.7 Å². The zero-order valence-corrected chi connectivity index (χ0v) is 18.4. The summed E-state index contributed by atoms with van der Waals surface area (Å²) in [5, 5.41) is 16.3. The molecule has 0 saturated heterocycles. The summed E-state index contributed by atoms with van der Waals surface area (Å²) in [7, 11) is 0. The first-order chi connectivity index (χ1) is 13.0. The second-order valence-electron chi connectivity index (χ2n) is 6.89. The Balaban J connectivity index is 5.04. The van der Waals surface area contributed by atoms with Gasteiger partial charge in [0, 0.05) is 5.75 Å². The number of nitrogens with one attached hydrogen (secondary N) is 3. The minimum Gasteiger partial charge on any atom is -0.480 e. The van der Waals surface area contributed by atoms with Crippen LogP contribution in [-0.2, 0) is 19.2 Å². The monoisotopic (exact) mass is 436 g/mol. The van der Waals surface area contributed by atoms with Crippen LogP contribution in [0.4, 0.5) is 0 Å². The van der Waals surface area contributed by atoms with E-state index in [0.29, 0.717) is 18.6 Å². The zero-order chi connectivity index (χ0) is 21.9. The normalized spacial score (nSPS) is 15.2. The molecule has 0 radical (unpaired) electrons. The number of thiol groups is 1. The molecule has 0 aromatic rings. The molecule has 0 fully saturated rings. The molecule has 0 rings (SSSR count). The van der Waals surface area contributed by atoms with E-state index in [1.165, 1.54) is 18.7 Å². The third-order valence-corrected chi connectivity index (χ3v) is 4.86. The fourth-order valence-corrected chi connectivity index (χ4v) is 2.97. The fraction of sp³-hybridized carbons (Fsp3) is 0.765. The molecule has 0 aliphatic heterocycles. The van der Waals surface area contributed by atoms with Gasteiger partial charge in [-0.3, -0.25) is 19.2 Å². The molecule has 0 aliphatic rings. The number of carbonyl (C=O) groups excluding carboxylic acids is 3. The van der Waals surface area contributed by atoms with Crippen LogP contribution in [0.2, 0.25) is 0 Å². The Morgan fingerprint density at radius 1 is 1.00 bits per heavy atom. The van der Waals surface area contributed by atoms with Gasteiger partial charge in [0.1, 0.15) is 18.1 Å². The van der Waals surface area contributed by atoms with Crippen molar-refractivity contribution in [2.45, 2.75) is 57.8 Å². The highest BCUT2D eigenvalue weighted by Crippen LogP contribution is 2.06. The minimum atomic E-state index is -1.19. The van der Waals surface area contributed by atoms with Crippen LogP contribution in [0.1, 0.15) is 33.6 Å². The minimum absolute atomic E-state index is 0.0278. The molecule has 0 spiro atoms. The van der Waals surface area contributed by atoms with Gasteiger partial charge in [-0.15, -0.1) is 0 Å². The zero-order valence-electron chi connectivity index (χ0n) is 16.7. The van der Waals surface area contributed by atoms with Crippen molar-refractivity contribution in [3.05, 3.63) is 0 Å². The molecule has 0 aromatic heterocycles. The Morgan fingerprint density at radius 2 is 1.54 bits per heavy atom. The number of hydrogen-bond donors (Lipinski definition) is 6. The lowest BCUT2D eigenvalue weighted by atomic mass is 10.0. The highest BCUT2D eigenvalue weighted by molar-refractivity contribution is 7.98. The molecule has 162 valence electrons. The average molecular weight is 437 g/mol. The van der Waals surface area contributed by atoms with Gasteiger partial charge in [0.05, 0.1) is 6.04 Å². The number of carboxylic acid groups (broad SMARTS) is 1. The number of carboxylic acids is 1. The highest BCUT2D eigenvalue weighted by Gasteiger charge is 2.28. The lowest BCUT2D eigenvalue weighted by Crippen LogP contribution is -2.57. The number of aliphatic carboxylic acids is 1. The third-order valence-electron chi connectivity index (χ3n) is 3.85. The number of hydrogen-bond acceptors (Lipinski definition) is 7. The number of rotatable bonds is 13. The molecule has 3 amide bonds. The Bertz CT molecular complexity index is 548. The molecule has 4 unspecified atom stereocenters. The van der Waals surface area contributed by atoms with Gasteiger partial charge in [-0.2, -0.15) is 24.4 Å². The summed E-state index contributed by atoms with van der Waals surface area (Å²) in [5.41, 5.74) is 5.87. The van der Waals surface area contributed by atoms with Crippen LogP contribution in [0.25, 0.3) is 0 Å². The molecule has 0 heterocycles. The van der Waals surface area contributed by atoms with E-state index in [4.69, 9.17) is 10.8 Å². The van der Waals surface area contributed by atoms with E-state index < -0.39 is 47.9 Å². The van der Waals surface area contributed by atoms with Gasteiger partial charge in [-0.25, -0.2) is 0 Å². The summed E-state index contributed by atoms with van der Waals surface area (Å²) in [5.74, 6) is -2.01. The predicted molar refractivity (Wildman–Crippen MR) is 113 cm³/mol. The van der Waals surface area contributed by atoms with Crippen molar-refractivity contribution < 1.29 is 24.3 Å². The molecule has 0 aliphatic carbocycles. The number of nitrogens with two attached hydrogens (primary N) is 1. The molecular formula is C17H32N4O5S2. The number of thioether (sulfide) groups is 1. The molecule has 11 heteroatoms. The predicted octanol–water partition coefficient (Wildman–Crippen LogP) is -0.398. The van der Waals surface area contributed by atoms with Crippen LogP contribution in [0.15, 0.2) is 0 Å². The summed E-state index contributed by atoms with van der Waals surface area (Å²) in [6.07, 6.45) is 2.72. The lowest BCUT2D eigenvalue weighted by Gasteiger charge is -2.24. The summed E-state index contributed by atoms with van der Waals surface area (Å²) >= 11 is 5.56. The van der Waals surface area contributed by atoms with E-state index in [1.807, 2.05) is 20.1 Å². The van der Waals surface area contributed by atoms with Crippen molar-refractivity contribution in [3.8, 4) is 0 Å². The van der Waals surface area contributed by atoms with Crippen LogP contribution in [-0.4, -0.2) is 70.7 Å². The molecule has 4 atom stereocenters. The first-order valence-electron chi connectivity index (χ1n) is 9.02. The van der Waals surface area contributed by atoms with E-state index in [1.54, 1.807) is 0 Å². The van der Waals surface area contributed by atoms with E-state index >= 15 is 0 Å². The molecule has 0 aromatic carbocycles. The van der Waals surface area contributed by atoms with Crippen LogP contribution in [0, 0.1) is 5.92 Å². The summed E-state index contributed by atoms with van der Waals surface area (Å²) in [6.45, 7) is 5.20. The molecule has 0 saturated carbocycles. The van der Waals surface area contributed by atoms with Crippen LogP contribution in [0.3, 0.4) is 0 Å². The third kappa shape index (κ3) is 10.2. The second kappa shape index (κ2) is 13.7. The maximum absolute atomic E-state index is 12.6. The number of carbonyl (C=O) groups is 4. The summed E-state index contributed by atoms with van der Waals surface area (Å²) in [4.78, 5) is 47.9. The van der Waals surface area contributed by atoms with Gasteiger partial charge >= 0.3 is 5.97 Å². The van der Waals surface area contributed by atoms with Gasteiger partial charge in [0.15, 0.2) is 0 Å². The van der Waals surface area contributed by atoms with Gasteiger partial charge < -0.3 is 26.8 Å². The highest BCUT2D eigenvalue weighted by atomic mass is 32.2. The van der Waals surface area contributed by atoms with E-state index in [-0.39, 0.29) is 11.7 Å². The fourth-order valence-electron chi connectivity index (χ4n) is 2.24. The maximum Gasteiger partial charge on any atom is 0.325 e. The van der Waals surface area contributed by atoms with Crippen molar-refractivity contribution in [1.29, 1.82) is 0 Å². The van der Waals surface area contributed by atoms with Gasteiger partial charge in [0.2, 0.25) is 17.7 Å². The topological polar surface area (TPSA) is 151 Å². The standard InChI is InChI=1S/C17H32N4O5S2/c1-9(2)7-11(18)14(22)20-12(5-6-28-4)15(23)21-13(8-27)16(24)19-10(3)17(25)26/h9-13,27H,5-8,18H2,1-4H3,(H,19,24)(H,20,22)(H,21,23)(H,25,26). The Hall–Kier alpha value is -1.46. The maximum atomic E-state index is 12.6. The Morgan fingerprint density at radius 3 is 2.00 bits per heavy atom. The molecule has 28 heavy (non-hydrogen) atoms. The largest absolute Gasteiger partial charge is 0.480 e. The molecular weight excluding hydrogens is 404 g/mol. The average Bonchev–Trinajstić information content (AvgIpc) is 2.61. The SMILES string of the molecule is CSCCC(NC(=O)C(N)CC(C)C)C(=O)NC(CS)C(=O)NC(C)C(=O)O. The summed E-state index contributed by atoms with van der Waals surface area (Å²) in [6, 6.07) is -3.72. The first-order valence-corrected chi connectivity index (χ1v) is 11.0. The van der Waals surface area contributed by atoms with Crippen LogP contribution < -0.4 is 21.7 Å². The number of amides is 3. The second-order valence-corrected chi connectivity index (χ2v) is 8.24. The van der Waals surface area contributed by atoms with Crippen molar-refractivity contribution in [1.82, 2.24) is 16.0 Å². The van der Waals surface area contributed by atoms with Crippen molar-refractivity contribution >= 4 is 48.1 Å².